The van der Waals surface area contributed by atoms with Crippen molar-refractivity contribution >= 4 is 35.2 Å². The van der Waals surface area contributed by atoms with Crippen LogP contribution < -0.4 is 15.4 Å². The average molecular weight is 491 g/mol. The molecule has 0 aromatic heterocycles. The Balaban J connectivity index is 1.66. The summed E-state index contributed by atoms with van der Waals surface area (Å²) >= 11 is 5.35. The summed E-state index contributed by atoms with van der Waals surface area (Å²) in [5.74, 6) is -1.43. The molecule has 0 heterocycles. The van der Waals surface area contributed by atoms with Gasteiger partial charge in [0.05, 0.1) is 5.02 Å². The SMILES string of the molecule is C=C(CCNC(=O)COc1ccc(Cl)c(F)c1)C(=O)NCc1ccc(SC(F)(F)F)cc1. The lowest BCUT2D eigenvalue weighted by Crippen LogP contribution is -2.31. The van der Waals surface area contributed by atoms with E-state index in [2.05, 4.69) is 17.2 Å². The van der Waals surface area contributed by atoms with Crippen LogP contribution in [0.5, 0.6) is 5.75 Å². The van der Waals surface area contributed by atoms with Crippen LogP contribution >= 0.6 is 23.4 Å². The van der Waals surface area contributed by atoms with Gasteiger partial charge in [0.1, 0.15) is 11.6 Å². The number of carbonyl (C=O) groups excluding carboxylic acids is 2. The van der Waals surface area contributed by atoms with Gasteiger partial charge in [0, 0.05) is 29.6 Å². The highest BCUT2D eigenvalue weighted by Crippen LogP contribution is 2.36. The Labute approximate surface area is 191 Å². The Hall–Kier alpha value is -2.72. The Kier molecular flexibility index (Phi) is 9.40. The maximum absolute atomic E-state index is 13.3. The van der Waals surface area contributed by atoms with Crippen LogP contribution in [0.3, 0.4) is 0 Å². The van der Waals surface area contributed by atoms with Gasteiger partial charge in [-0.2, -0.15) is 13.2 Å². The first-order valence-corrected chi connectivity index (χ1v) is 10.4. The predicted molar refractivity (Wildman–Crippen MR) is 114 cm³/mol. The van der Waals surface area contributed by atoms with Crippen molar-refractivity contribution in [3.05, 3.63) is 71.0 Å². The Morgan fingerprint density at radius 1 is 1.09 bits per heavy atom. The Bertz CT molecular complexity index is 969. The molecule has 11 heteroatoms. The van der Waals surface area contributed by atoms with Gasteiger partial charge < -0.3 is 15.4 Å². The second kappa shape index (κ2) is 11.8. The molecule has 0 aliphatic carbocycles. The molecule has 0 aliphatic heterocycles. The van der Waals surface area contributed by atoms with Crippen LogP contribution in [0.4, 0.5) is 17.6 Å². The van der Waals surface area contributed by atoms with Crippen molar-refractivity contribution in [2.45, 2.75) is 23.4 Å². The van der Waals surface area contributed by atoms with Gasteiger partial charge in [-0.1, -0.05) is 30.3 Å². The molecule has 0 bridgehead atoms. The maximum Gasteiger partial charge on any atom is 0.446 e. The van der Waals surface area contributed by atoms with Crippen LogP contribution in [0.2, 0.25) is 5.02 Å². The molecule has 2 rings (SSSR count). The summed E-state index contributed by atoms with van der Waals surface area (Å²) in [5, 5.41) is 5.10. The smallest absolute Gasteiger partial charge is 0.446 e. The lowest BCUT2D eigenvalue weighted by molar-refractivity contribution is -0.123. The molecule has 0 radical (unpaired) electrons. The number of rotatable bonds is 10. The van der Waals surface area contributed by atoms with E-state index in [-0.39, 0.29) is 59.1 Å². The van der Waals surface area contributed by atoms with E-state index in [1.54, 1.807) is 0 Å². The highest BCUT2D eigenvalue weighted by molar-refractivity contribution is 8.00. The molecule has 5 nitrogen and oxygen atoms in total. The number of alkyl halides is 3. The number of nitrogens with one attached hydrogen (secondary N) is 2. The molecule has 2 amide bonds. The number of halogens is 5. The van der Waals surface area contributed by atoms with Crippen LogP contribution in [0.15, 0.2) is 59.5 Å². The number of carbonyl (C=O) groups is 2. The van der Waals surface area contributed by atoms with Crippen molar-refractivity contribution in [1.29, 1.82) is 0 Å². The third-order valence-electron chi connectivity index (χ3n) is 3.94. The summed E-state index contributed by atoms with van der Waals surface area (Å²) in [6, 6.07) is 9.42. The van der Waals surface area contributed by atoms with Gasteiger partial charge in [0.15, 0.2) is 6.61 Å². The molecular weight excluding hydrogens is 472 g/mol. The molecule has 0 saturated heterocycles. The Morgan fingerprint density at radius 3 is 2.41 bits per heavy atom. The number of amides is 2. The van der Waals surface area contributed by atoms with Crippen LogP contribution in [0.1, 0.15) is 12.0 Å². The number of hydrogen-bond acceptors (Lipinski definition) is 4. The van der Waals surface area contributed by atoms with E-state index < -0.39 is 23.1 Å². The lowest BCUT2D eigenvalue weighted by atomic mass is 10.2. The zero-order valence-corrected chi connectivity index (χ0v) is 18.2. The van der Waals surface area contributed by atoms with Crippen LogP contribution in [-0.2, 0) is 16.1 Å². The van der Waals surface area contributed by atoms with Crippen molar-refractivity contribution < 1.29 is 31.9 Å². The zero-order chi connectivity index (χ0) is 23.7. The second-order valence-corrected chi connectivity index (χ2v) is 7.99. The van der Waals surface area contributed by atoms with E-state index in [4.69, 9.17) is 16.3 Å². The molecule has 32 heavy (non-hydrogen) atoms. The normalized spacial score (nSPS) is 11.0. The Morgan fingerprint density at radius 2 is 1.78 bits per heavy atom. The van der Waals surface area contributed by atoms with Crippen molar-refractivity contribution in [2.75, 3.05) is 13.2 Å². The molecule has 2 aromatic rings. The first-order chi connectivity index (χ1) is 15.0. The maximum atomic E-state index is 13.3. The van der Waals surface area contributed by atoms with E-state index in [1.165, 1.54) is 36.4 Å². The average Bonchev–Trinajstić information content (AvgIpc) is 2.72. The lowest BCUT2D eigenvalue weighted by Gasteiger charge is -2.10. The minimum Gasteiger partial charge on any atom is -0.484 e. The van der Waals surface area contributed by atoms with Crippen LogP contribution in [0.25, 0.3) is 0 Å². The fourth-order valence-electron chi connectivity index (χ4n) is 2.35. The molecule has 0 saturated carbocycles. The largest absolute Gasteiger partial charge is 0.484 e. The first-order valence-electron chi connectivity index (χ1n) is 9.18. The zero-order valence-electron chi connectivity index (χ0n) is 16.6. The summed E-state index contributed by atoms with van der Waals surface area (Å²) in [5.41, 5.74) is -3.51. The van der Waals surface area contributed by atoms with E-state index in [0.717, 1.165) is 6.07 Å². The van der Waals surface area contributed by atoms with E-state index in [1.807, 2.05) is 0 Å². The monoisotopic (exact) mass is 490 g/mol. The van der Waals surface area contributed by atoms with Gasteiger partial charge in [0.2, 0.25) is 5.91 Å². The quantitative estimate of drug-likeness (QED) is 0.284. The molecule has 2 aromatic carbocycles. The first kappa shape index (κ1) is 25.5. The summed E-state index contributed by atoms with van der Waals surface area (Å²) in [4.78, 5) is 23.9. The second-order valence-electron chi connectivity index (χ2n) is 6.44. The molecule has 0 aliphatic rings. The number of ether oxygens (including phenoxy) is 1. The molecule has 0 atom stereocenters. The molecular formula is C21H19ClF4N2O3S. The van der Waals surface area contributed by atoms with Gasteiger partial charge >= 0.3 is 5.51 Å². The number of hydrogen-bond donors (Lipinski definition) is 2. The van der Waals surface area contributed by atoms with Gasteiger partial charge in [-0.05, 0) is 48.0 Å². The highest BCUT2D eigenvalue weighted by Gasteiger charge is 2.29. The number of thioether (sulfide) groups is 1. The fraction of sp³-hybridized carbons (Fsp3) is 0.238. The summed E-state index contributed by atoms with van der Waals surface area (Å²) in [7, 11) is 0. The molecule has 0 fully saturated rings. The minimum absolute atomic E-state index is 0.0536. The third-order valence-corrected chi connectivity index (χ3v) is 4.99. The standard InChI is InChI=1S/C21H19ClF4N2O3S/c1-13(8-9-27-19(29)12-31-15-4-7-17(22)18(23)10-15)20(30)28-11-14-2-5-16(6-3-14)32-21(24,25)26/h2-7,10H,1,8-9,11-12H2,(H,27,29)(H,28,30). The number of benzene rings is 2. The van der Waals surface area contributed by atoms with Crippen molar-refractivity contribution in [1.82, 2.24) is 10.6 Å². The van der Waals surface area contributed by atoms with Gasteiger partial charge in [-0.15, -0.1) is 0 Å². The van der Waals surface area contributed by atoms with Crippen molar-refractivity contribution in [3.8, 4) is 5.75 Å². The summed E-state index contributed by atoms with van der Waals surface area (Å²) in [6.45, 7) is 3.56. The van der Waals surface area contributed by atoms with Crippen LogP contribution in [0, 0.1) is 5.82 Å². The van der Waals surface area contributed by atoms with Crippen molar-refractivity contribution in [2.24, 2.45) is 0 Å². The molecule has 172 valence electrons. The predicted octanol–water partition coefficient (Wildman–Crippen LogP) is 4.85. The van der Waals surface area contributed by atoms with E-state index in [0.29, 0.717) is 5.56 Å². The highest BCUT2D eigenvalue weighted by atomic mass is 35.5. The van der Waals surface area contributed by atoms with E-state index in [9.17, 15) is 27.2 Å². The van der Waals surface area contributed by atoms with Crippen molar-refractivity contribution in [3.63, 3.8) is 0 Å². The molecule has 0 spiro atoms. The third kappa shape index (κ3) is 9.19. The minimum atomic E-state index is -4.36. The summed E-state index contributed by atoms with van der Waals surface area (Å²) in [6.07, 6.45) is 0.175. The fourth-order valence-corrected chi connectivity index (χ4v) is 3.01. The van der Waals surface area contributed by atoms with Gasteiger partial charge in [-0.25, -0.2) is 4.39 Å². The topological polar surface area (TPSA) is 67.4 Å². The van der Waals surface area contributed by atoms with Crippen LogP contribution in [-0.4, -0.2) is 30.5 Å². The molecule has 0 unspecified atom stereocenters. The molecule has 2 N–H and O–H groups in total. The van der Waals surface area contributed by atoms with E-state index >= 15 is 0 Å². The van der Waals surface area contributed by atoms with Gasteiger partial charge in [-0.3, -0.25) is 9.59 Å². The van der Waals surface area contributed by atoms with Gasteiger partial charge in [0.25, 0.3) is 5.91 Å². The summed E-state index contributed by atoms with van der Waals surface area (Å²) < 4.78 is 55.5.